The molecule has 0 aliphatic heterocycles. The number of benzene rings is 1. The molecule has 0 saturated carbocycles. The van der Waals surface area contributed by atoms with Crippen molar-refractivity contribution in [2.75, 3.05) is 6.54 Å². The number of amides is 1. The highest BCUT2D eigenvalue weighted by atomic mass is 16.1. The van der Waals surface area contributed by atoms with Crippen LogP contribution in [0.15, 0.2) is 54.6 Å². The summed E-state index contributed by atoms with van der Waals surface area (Å²) >= 11 is 0. The minimum atomic E-state index is -0.142. The number of hydrogen-bond donors (Lipinski definition) is 1. The fourth-order valence-electron chi connectivity index (χ4n) is 1.39. The van der Waals surface area contributed by atoms with Gasteiger partial charge in [0.1, 0.15) is 0 Å². The van der Waals surface area contributed by atoms with Gasteiger partial charge in [0.2, 0.25) is 5.91 Å². The Kier molecular flexibility index (Phi) is 7.85. The standard InChI is InChI=1S/C18H17NO/c1-2-3-4-5-6-7-11-14-18(20)19-16-15-17-12-9-8-10-13-17/h2-3,8-14H,15-16H2,1H3,(H,19,20). The van der Waals surface area contributed by atoms with Crippen LogP contribution in [0.3, 0.4) is 0 Å². The summed E-state index contributed by atoms with van der Waals surface area (Å²) < 4.78 is 0. The van der Waals surface area contributed by atoms with Gasteiger partial charge in [-0.25, -0.2) is 0 Å². The lowest BCUT2D eigenvalue weighted by Crippen LogP contribution is -2.23. The van der Waals surface area contributed by atoms with Crippen molar-refractivity contribution in [3.05, 3.63) is 60.2 Å². The zero-order chi connectivity index (χ0) is 14.5. The van der Waals surface area contributed by atoms with Gasteiger partial charge in [0.05, 0.1) is 0 Å². The Morgan fingerprint density at radius 2 is 1.85 bits per heavy atom. The molecular weight excluding hydrogens is 246 g/mol. The van der Waals surface area contributed by atoms with Crippen LogP contribution >= 0.6 is 0 Å². The third kappa shape index (κ3) is 7.58. The Morgan fingerprint density at radius 3 is 2.55 bits per heavy atom. The van der Waals surface area contributed by atoms with Crippen LogP contribution in [0.25, 0.3) is 0 Å². The normalized spacial score (nSPS) is 9.65. The van der Waals surface area contributed by atoms with Gasteiger partial charge in [0.15, 0.2) is 0 Å². The highest BCUT2D eigenvalue weighted by molar-refractivity contribution is 5.87. The zero-order valence-electron chi connectivity index (χ0n) is 11.5. The van der Waals surface area contributed by atoms with Gasteiger partial charge in [-0.05, 0) is 42.9 Å². The fraction of sp³-hybridized carbons (Fsp3) is 0.167. The van der Waals surface area contributed by atoms with Gasteiger partial charge >= 0.3 is 0 Å². The van der Waals surface area contributed by atoms with E-state index in [1.165, 1.54) is 17.7 Å². The van der Waals surface area contributed by atoms with Crippen molar-refractivity contribution in [3.8, 4) is 23.7 Å². The number of carbonyl (C=O) groups is 1. The lowest BCUT2D eigenvalue weighted by Gasteiger charge is -2.01. The number of nitrogens with one attached hydrogen (secondary N) is 1. The summed E-state index contributed by atoms with van der Waals surface area (Å²) in [5, 5.41) is 2.80. The van der Waals surface area contributed by atoms with E-state index in [1.54, 1.807) is 6.08 Å². The Morgan fingerprint density at radius 1 is 1.15 bits per heavy atom. The Hall–Kier alpha value is -2.71. The lowest BCUT2D eigenvalue weighted by atomic mass is 10.1. The van der Waals surface area contributed by atoms with Gasteiger partial charge in [-0.15, -0.1) is 0 Å². The van der Waals surface area contributed by atoms with Crippen LogP contribution in [0.1, 0.15) is 12.5 Å². The second kappa shape index (κ2) is 10.2. The van der Waals surface area contributed by atoms with E-state index in [0.29, 0.717) is 6.54 Å². The molecule has 1 N–H and O–H groups in total. The molecular formula is C18H17NO. The molecule has 0 aromatic heterocycles. The van der Waals surface area contributed by atoms with E-state index in [-0.39, 0.29) is 5.91 Å². The van der Waals surface area contributed by atoms with Crippen LogP contribution in [0.4, 0.5) is 0 Å². The molecule has 0 atom stereocenters. The SMILES string of the molecule is CC=CC#CC#CC=CC(=O)NCCc1ccccc1. The van der Waals surface area contributed by atoms with Crippen molar-refractivity contribution in [1.29, 1.82) is 0 Å². The van der Waals surface area contributed by atoms with Gasteiger partial charge < -0.3 is 5.32 Å². The second-order valence-electron chi connectivity index (χ2n) is 3.90. The van der Waals surface area contributed by atoms with E-state index in [1.807, 2.05) is 43.3 Å². The summed E-state index contributed by atoms with van der Waals surface area (Å²) in [5.41, 5.74) is 1.20. The Labute approximate surface area is 120 Å². The monoisotopic (exact) mass is 263 g/mol. The molecule has 1 rings (SSSR count). The molecule has 0 fully saturated rings. The number of allylic oxidation sites excluding steroid dienone is 3. The van der Waals surface area contributed by atoms with Crippen molar-refractivity contribution in [2.24, 2.45) is 0 Å². The summed E-state index contributed by atoms with van der Waals surface area (Å²) in [6.07, 6.45) is 7.29. The highest BCUT2D eigenvalue weighted by Gasteiger charge is 1.94. The molecule has 20 heavy (non-hydrogen) atoms. The summed E-state index contributed by atoms with van der Waals surface area (Å²) in [6.45, 7) is 2.50. The van der Waals surface area contributed by atoms with E-state index >= 15 is 0 Å². The first-order valence-corrected chi connectivity index (χ1v) is 6.43. The Balaban J connectivity index is 2.25. The zero-order valence-corrected chi connectivity index (χ0v) is 11.5. The van der Waals surface area contributed by atoms with Gasteiger partial charge in [-0.2, -0.15) is 0 Å². The van der Waals surface area contributed by atoms with E-state index in [0.717, 1.165) is 6.42 Å². The molecule has 1 aromatic carbocycles. The van der Waals surface area contributed by atoms with Crippen molar-refractivity contribution >= 4 is 5.91 Å². The molecule has 1 aromatic rings. The summed E-state index contributed by atoms with van der Waals surface area (Å²) in [4.78, 5) is 11.5. The summed E-state index contributed by atoms with van der Waals surface area (Å²) in [5.74, 6) is 10.6. The van der Waals surface area contributed by atoms with Crippen LogP contribution in [-0.4, -0.2) is 12.5 Å². The quantitative estimate of drug-likeness (QED) is 0.656. The molecule has 2 heteroatoms. The predicted octanol–water partition coefficient (Wildman–Crippen LogP) is 2.48. The molecule has 0 saturated heterocycles. The van der Waals surface area contributed by atoms with Gasteiger partial charge in [-0.1, -0.05) is 48.2 Å². The molecule has 2 nitrogen and oxygen atoms in total. The van der Waals surface area contributed by atoms with Gasteiger partial charge in [0.25, 0.3) is 0 Å². The average molecular weight is 263 g/mol. The number of rotatable bonds is 4. The van der Waals surface area contributed by atoms with Crippen molar-refractivity contribution in [2.45, 2.75) is 13.3 Å². The summed E-state index contributed by atoms with van der Waals surface area (Å²) in [6, 6.07) is 10.0. The smallest absolute Gasteiger partial charge is 0.244 e. The molecule has 1 amide bonds. The largest absolute Gasteiger partial charge is 0.352 e. The number of hydrogen-bond acceptors (Lipinski definition) is 1. The number of carbonyl (C=O) groups excluding carboxylic acids is 1. The molecule has 0 radical (unpaired) electrons. The molecule has 0 aliphatic carbocycles. The van der Waals surface area contributed by atoms with Crippen LogP contribution in [0, 0.1) is 23.7 Å². The van der Waals surface area contributed by atoms with E-state index in [2.05, 4.69) is 29.0 Å². The van der Waals surface area contributed by atoms with Crippen molar-refractivity contribution < 1.29 is 4.79 Å². The van der Waals surface area contributed by atoms with Gasteiger partial charge in [-0.3, -0.25) is 4.79 Å². The molecule has 0 unspecified atom stereocenters. The van der Waals surface area contributed by atoms with Crippen LogP contribution in [0.5, 0.6) is 0 Å². The molecule has 100 valence electrons. The Bertz CT molecular complexity index is 589. The molecule has 0 heterocycles. The predicted molar refractivity (Wildman–Crippen MR) is 82.7 cm³/mol. The van der Waals surface area contributed by atoms with Crippen molar-refractivity contribution in [1.82, 2.24) is 5.32 Å². The first-order chi connectivity index (χ1) is 9.83. The van der Waals surface area contributed by atoms with E-state index in [9.17, 15) is 4.79 Å². The second-order valence-corrected chi connectivity index (χ2v) is 3.90. The molecule has 0 aliphatic rings. The average Bonchev–Trinajstić information content (AvgIpc) is 2.47. The van der Waals surface area contributed by atoms with Crippen LogP contribution in [-0.2, 0) is 11.2 Å². The first kappa shape index (κ1) is 15.3. The highest BCUT2D eigenvalue weighted by Crippen LogP contribution is 1.97. The minimum Gasteiger partial charge on any atom is -0.352 e. The van der Waals surface area contributed by atoms with Crippen molar-refractivity contribution in [3.63, 3.8) is 0 Å². The van der Waals surface area contributed by atoms with E-state index < -0.39 is 0 Å². The maximum Gasteiger partial charge on any atom is 0.244 e. The molecule has 0 spiro atoms. The third-order valence-electron chi connectivity index (χ3n) is 2.33. The first-order valence-electron chi connectivity index (χ1n) is 6.43. The maximum absolute atomic E-state index is 11.5. The van der Waals surface area contributed by atoms with Crippen LogP contribution < -0.4 is 5.32 Å². The van der Waals surface area contributed by atoms with Gasteiger partial charge in [0, 0.05) is 12.6 Å². The van der Waals surface area contributed by atoms with E-state index in [4.69, 9.17) is 0 Å². The third-order valence-corrected chi connectivity index (χ3v) is 2.33. The maximum atomic E-state index is 11.5. The van der Waals surface area contributed by atoms with Crippen LogP contribution in [0.2, 0.25) is 0 Å². The topological polar surface area (TPSA) is 29.1 Å². The minimum absolute atomic E-state index is 0.142. The molecule has 0 bridgehead atoms. The lowest BCUT2D eigenvalue weighted by molar-refractivity contribution is -0.116. The fourth-order valence-corrected chi connectivity index (χ4v) is 1.39. The summed E-state index contributed by atoms with van der Waals surface area (Å²) in [7, 11) is 0.